The van der Waals surface area contributed by atoms with Gasteiger partial charge in [-0.2, -0.15) is 0 Å². The highest BCUT2D eigenvalue weighted by molar-refractivity contribution is 5.83. The van der Waals surface area contributed by atoms with Crippen molar-refractivity contribution in [1.29, 1.82) is 0 Å². The highest BCUT2D eigenvalue weighted by Gasteiger charge is 2.21. The fraction of sp³-hybridized carbons (Fsp3) is 0.917. The number of rotatable bonds is 3. The van der Waals surface area contributed by atoms with Crippen LogP contribution in [0.2, 0.25) is 0 Å². The zero-order valence-electron chi connectivity index (χ0n) is 9.73. The zero-order chi connectivity index (χ0) is 10.6. The Hall–Kier alpha value is -0.370. The molecule has 0 spiro atoms. The highest BCUT2D eigenvalue weighted by Crippen LogP contribution is 2.24. The van der Waals surface area contributed by atoms with Crippen LogP contribution in [0.4, 0.5) is 0 Å². The molecule has 1 N–H and O–H groups in total. The molecule has 1 rings (SSSR count). The second kappa shape index (κ2) is 4.92. The number of hydrogen-bond donors (Lipinski definition) is 1. The van der Waals surface area contributed by atoms with Crippen molar-refractivity contribution in [2.45, 2.75) is 58.4 Å². The normalized spacial score (nSPS) is 19.6. The van der Waals surface area contributed by atoms with Gasteiger partial charge in [-0.15, -0.1) is 0 Å². The lowest BCUT2D eigenvalue weighted by Crippen LogP contribution is -2.41. The standard InChI is InChI=1S/C12H23NO/c1-12(2,3)13-9-11(14)10-7-5-4-6-8-10/h10,13H,4-9H2,1-3H3. The van der Waals surface area contributed by atoms with Crippen molar-refractivity contribution in [3.8, 4) is 0 Å². The van der Waals surface area contributed by atoms with Gasteiger partial charge in [-0.05, 0) is 33.6 Å². The number of Topliss-reactive ketones (excluding diaryl/α,β-unsaturated/α-hetero) is 1. The topological polar surface area (TPSA) is 29.1 Å². The summed E-state index contributed by atoms with van der Waals surface area (Å²) in [7, 11) is 0. The Morgan fingerprint density at radius 2 is 1.79 bits per heavy atom. The van der Waals surface area contributed by atoms with Crippen molar-refractivity contribution >= 4 is 5.78 Å². The molecule has 0 aliphatic heterocycles. The third-order valence-corrected chi connectivity index (χ3v) is 2.85. The molecular weight excluding hydrogens is 174 g/mol. The lowest BCUT2D eigenvalue weighted by molar-refractivity contribution is -0.123. The molecule has 0 unspecified atom stereocenters. The molecule has 0 saturated heterocycles. The van der Waals surface area contributed by atoms with Crippen LogP contribution < -0.4 is 5.32 Å². The minimum atomic E-state index is 0.0598. The Kier molecular flexibility index (Phi) is 4.11. The van der Waals surface area contributed by atoms with E-state index < -0.39 is 0 Å². The predicted molar refractivity (Wildman–Crippen MR) is 59.3 cm³/mol. The summed E-state index contributed by atoms with van der Waals surface area (Å²) in [5, 5.41) is 3.27. The molecule has 1 fully saturated rings. The maximum Gasteiger partial charge on any atom is 0.149 e. The van der Waals surface area contributed by atoms with Gasteiger partial charge in [0.1, 0.15) is 5.78 Å². The SMILES string of the molecule is CC(C)(C)NCC(=O)C1CCCCC1. The smallest absolute Gasteiger partial charge is 0.149 e. The molecule has 14 heavy (non-hydrogen) atoms. The van der Waals surface area contributed by atoms with Gasteiger partial charge in [-0.3, -0.25) is 4.79 Å². The summed E-state index contributed by atoms with van der Waals surface area (Å²) >= 11 is 0. The van der Waals surface area contributed by atoms with Gasteiger partial charge in [0.2, 0.25) is 0 Å². The Labute approximate surface area is 87.5 Å². The van der Waals surface area contributed by atoms with Crippen molar-refractivity contribution in [1.82, 2.24) is 5.32 Å². The number of carbonyl (C=O) groups is 1. The van der Waals surface area contributed by atoms with Crippen LogP contribution in [0.25, 0.3) is 0 Å². The second-order valence-electron chi connectivity index (χ2n) is 5.40. The molecular formula is C12H23NO. The molecule has 2 nitrogen and oxygen atoms in total. The predicted octanol–water partition coefficient (Wildman–Crippen LogP) is 2.52. The number of hydrogen-bond acceptors (Lipinski definition) is 2. The van der Waals surface area contributed by atoms with Crippen LogP contribution in [-0.4, -0.2) is 17.9 Å². The van der Waals surface area contributed by atoms with Crippen molar-refractivity contribution in [3.63, 3.8) is 0 Å². The van der Waals surface area contributed by atoms with Crippen molar-refractivity contribution in [2.75, 3.05) is 6.54 Å². The van der Waals surface area contributed by atoms with Crippen LogP contribution in [0.15, 0.2) is 0 Å². The number of carbonyl (C=O) groups excluding carboxylic acids is 1. The van der Waals surface area contributed by atoms with Gasteiger partial charge in [0, 0.05) is 11.5 Å². The van der Waals surface area contributed by atoms with Crippen molar-refractivity contribution < 1.29 is 4.79 Å². The molecule has 82 valence electrons. The van der Waals surface area contributed by atoms with Crippen LogP contribution in [0, 0.1) is 5.92 Å². The van der Waals surface area contributed by atoms with Gasteiger partial charge in [-0.1, -0.05) is 19.3 Å². The molecule has 0 heterocycles. The maximum atomic E-state index is 11.8. The second-order valence-corrected chi connectivity index (χ2v) is 5.40. The van der Waals surface area contributed by atoms with Crippen LogP contribution in [-0.2, 0) is 4.79 Å². The average Bonchev–Trinajstić information content (AvgIpc) is 2.14. The summed E-state index contributed by atoms with van der Waals surface area (Å²) in [5.74, 6) is 0.762. The van der Waals surface area contributed by atoms with E-state index in [0.29, 0.717) is 18.2 Å². The zero-order valence-corrected chi connectivity index (χ0v) is 9.73. The Bertz CT molecular complexity index is 187. The van der Waals surface area contributed by atoms with E-state index in [1.165, 1.54) is 19.3 Å². The summed E-state index contributed by atoms with van der Waals surface area (Å²) in [5.41, 5.74) is 0.0598. The van der Waals surface area contributed by atoms with E-state index in [-0.39, 0.29) is 5.54 Å². The highest BCUT2D eigenvalue weighted by atomic mass is 16.1. The first-order chi connectivity index (χ1) is 6.49. The van der Waals surface area contributed by atoms with Crippen LogP contribution in [0.5, 0.6) is 0 Å². The lowest BCUT2D eigenvalue weighted by Gasteiger charge is -2.24. The molecule has 0 amide bonds. The van der Waals surface area contributed by atoms with E-state index in [4.69, 9.17) is 0 Å². The fourth-order valence-electron chi connectivity index (χ4n) is 1.92. The van der Waals surface area contributed by atoms with E-state index in [0.717, 1.165) is 12.8 Å². The van der Waals surface area contributed by atoms with E-state index >= 15 is 0 Å². The molecule has 0 aromatic heterocycles. The summed E-state index contributed by atoms with van der Waals surface area (Å²) in [6.07, 6.45) is 6.03. The third-order valence-electron chi connectivity index (χ3n) is 2.85. The average molecular weight is 197 g/mol. The molecule has 0 aromatic carbocycles. The monoisotopic (exact) mass is 197 g/mol. The van der Waals surface area contributed by atoms with E-state index in [1.807, 2.05) is 0 Å². The van der Waals surface area contributed by atoms with Crippen LogP contribution in [0.1, 0.15) is 52.9 Å². The first kappa shape index (κ1) is 11.7. The van der Waals surface area contributed by atoms with E-state index in [1.54, 1.807) is 0 Å². The fourth-order valence-corrected chi connectivity index (χ4v) is 1.92. The van der Waals surface area contributed by atoms with Crippen molar-refractivity contribution in [3.05, 3.63) is 0 Å². The molecule has 1 aliphatic carbocycles. The molecule has 0 bridgehead atoms. The third kappa shape index (κ3) is 4.23. The van der Waals surface area contributed by atoms with Gasteiger partial charge in [0.25, 0.3) is 0 Å². The molecule has 0 aromatic rings. The largest absolute Gasteiger partial charge is 0.305 e. The minimum absolute atomic E-state index is 0.0598. The van der Waals surface area contributed by atoms with Gasteiger partial charge >= 0.3 is 0 Å². The van der Waals surface area contributed by atoms with Gasteiger partial charge in [0.05, 0.1) is 6.54 Å². The van der Waals surface area contributed by atoms with Gasteiger partial charge in [-0.25, -0.2) is 0 Å². The maximum absolute atomic E-state index is 11.8. The molecule has 1 aliphatic rings. The number of ketones is 1. The van der Waals surface area contributed by atoms with E-state index in [9.17, 15) is 4.79 Å². The Balaban J connectivity index is 2.27. The molecule has 1 saturated carbocycles. The number of nitrogens with one attached hydrogen (secondary N) is 1. The lowest BCUT2D eigenvalue weighted by atomic mass is 9.86. The molecule has 0 atom stereocenters. The van der Waals surface area contributed by atoms with Gasteiger partial charge in [0.15, 0.2) is 0 Å². The van der Waals surface area contributed by atoms with Gasteiger partial charge < -0.3 is 5.32 Å². The minimum Gasteiger partial charge on any atom is -0.305 e. The quantitative estimate of drug-likeness (QED) is 0.753. The summed E-state index contributed by atoms with van der Waals surface area (Å²) < 4.78 is 0. The summed E-state index contributed by atoms with van der Waals surface area (Å²) in [6.45, 7) is 6.84. The Morgan fingerprint density at radius 3 is 2.29 bits per heavy atom. The summed E-state index contributed by atoms with van der Waals surface area (Å²) in [4.78, 5) is 11.8. The Morgan fingerprint density at radius 1 is 1.21 bits per heavy atom. The first-order valence-corrected chi connectivity index (χ1v) is 5.77. The molecule has 0 radical (unpaired) electrons. The van der Waals surface area contributed by atoms with Crippen LogP contribution >= 0.6 is 0 Å². The van der Waals surface area contributed by atoms with Crippen LogP contribution in [0.3, 0.4) is 0 Å². The van der Waals surface area contributed by atoms with Crippen molar-refractivity contribution in [2.24, 2.45) is 5.92 Å². The summed E-state index contributed by atoms with van der Waals surface area (Å²) in [6, 6.07) is 0. The molecule has 2 heteroatoms. The first-order valence-electron chi connectivity index (χ1n) is 5.77. The van der Waals surface area contributed by atoms with E-state index in [2.05, 4.69) is 26.1 Å².